The van der Waals surface area contributed by atoms with Crippen molar-refractivity contribution in [1.82, 2.24) is 26.1 Å². The van der Waals surface area contributed by atoms with Crippen LogP contribution in [0.2, 0.25) is 0 Å². The van der Waals surface area contributed by atoms with Crippen molar-refractivity contribution in [2.75, 3.05) is 32.8 Å². The van der Waals surface area contributed by atoms with E-state index < -0.39 is 6.17 Å². The summed E-state index contributed by atoms with van der Waals surface area (Å²) in [6.07, 6.45) is 2.50. The maximum Gasteiger partial charge on any atom is 0.225 e. The number of rotatable bonds is 4. The second kappa shape index (κ2) is 8.60. The number of ether oxygens (including phenoxy) is 1. The number of carbonyl (C=O) groups excluding carboxylic acids is 1. The number of nitrogens with zero attached hydrogens (tertiary/aromatic N) is 2. The van der Waals surface area contributed by atoms with Crippen molar-refractivity contribution in [2.24, 2.45) is 23.7 Å². The monoisotopic (exact) mass is 425 g/mol. The van der Waals surface area contributed by atoms with Crippen LogP contribution in [0.5, 0.6) is 0 Å². The van der Waals surface area contributed by atoms with Crippen molar-refractivity contribution in [1.29, 1.82) is 0 Å². The lowest BCUT2D eigenvalue weighted by molar-refractivity contribution is -0.136. The average Bonchev–Trinajstić information content (AvgIpc) is 3.34. The lowest BCUT2D eigenvalue weighted by Gasteiger charge is -2.43. The van der Waals surface area contributed by atoms with Crippen LogP contribution >= 0.6 is 0 Å². The number of amides is 1. The Kier molecular flexibility index (Phi) is 6.03. The van der Waals surface area contributed by atoms with Gasteiger partial charge in [0.1, 0.15) is 12.4 Å². The molecule has 6 unspecified atom stereocenters. The summed E-state index contributed by atoms with van der Waals surface area (Å²) in [6.45, 7) is 7.71. The van der Waals surface area contributed by atoms with Gasteiger partial charge in [-0.15, -0.1) is 0 Å². The standard InChI is InChI=1S/C21H36FN5O3/c1-12(2)21(28)26-5-3-13(4-6-26)19-24-20(30-25-19)14-7-17(22)16-9-23-27(18(16)8-14)15-10-29-11-15/h12-20,23-25H,3-11H2,1-2H3. The number of hydrogen-bond acceptors (Lipinski definition) is 7. The van der Waals surface area contributed by atoms with Crippen LogP contribution in [0.15, 0.2) is 0 Å². The topological polar surface area (TPSA) is 78.1 Å². The number of fused-ring (bicyclic) bond motifs is 1. The van der Waals surface area contributed by atoms with Crippen LogP contribution in [-0.4, -0.2) is 79.3 Å². The molecule has 0 radical (unpaired) electrons. The van der Waals surface area contributed by atoms with E-state index in [1.165, 1.54) is 0 Å². The minimum atomic E-state index is -0.804. The van der Waals surface area contributed by atoms with E-state index >= 15 is 0 Å². The Morgan fingerprint density at radius 1 is 1.13 bits per heavy atom. The molecule has 4 heterocycles. The first-order valence-electron chi connectivity index (χ1n) is 11.7. The predicted molar refractivity (Wildman–Crippen MR) is 108 cm³/mol. The molecular weight excluding hydrogens is 389 g/mol. The highest BCUT2D eigenvalue weighted by Crippen LogP contribution is 2.40. The van der Waals surface area contributed by atoms with Crippen LogP contribution in [-0.2, 0) is 14.4 Å². The Morgan fingerprint density at radius 3 is 2.57 bits per heavy atom. The molecule has 5 rings (SSSR count). The third-order valence-electron chi connectivity index (χ3n) is 7.82. The Labute approximate surface area is 178 Å². The number of carbonyl (C=O) groups is 1. The predicted octanol–water partition coefficient (Wildman–Crippen LogP) is 0.610. The van der Waals surface area contributed by atoms with Gasteiger partial charge in [-0.05, 0) is 31.6 Å². The van der Waals surface area contributed by atoms with Gasteiger partial charge in [0.15, 0.2) is 0 Å². The first kappa shape index (κ1) is 21.0. The van der Waals surface area contributed by atoms with E-state index in [9.17, 15) is 9.18 Å². The Hall–Kier alpha value is -0.840. The zero-order valence-electron chi connectivity index (χ0n) is 18.1. The molecule has 30 heavy (non-hydrogen) atoms. The number of piperidine rings is 1. The molecule has 0 aromatic rings. The average molecular weight is 426 g/mol. The summed E-state index contributed by atoms with van der Waals surface area (Å²) < 4.78 is 20.3. The van der Waals surface area contributed by atoms with Gasteiger partial charge in [-0.1, -0.05) is 13.8 Å². The lowest BCUT2D eigenvalue weighted by atomic mass is 9.76. The molecule has 9 heteroatoms. The van der Waals surface area contributed by atoms with Crippen LogP contribution in [0.25, 0.3) is 0 Å². The molecule has 8 nitrogen and oxygen atoms in total. The summed E-state index contributed by atoms with van der Waals surface area (Å²) in [5.74, 6) is 0.921. The Morgan fingerprint density at radius 2 is 1.90 bits per heavy atom. The van der Waals surface area contributed by atoms with Gasteiger partial charge in [0.25, 0.3) is 0 Å². The fraction of sp³-hybridized carbons (Fsp3) is 0.952. The number of hydrazine groups is 1. The number of hydroxylamine groups is 1. The molecule has 4 aliphatic heterocycles. The van der Waals surface area contributed by atoms with Crippen molar-refractivity contribution in [3.63, 3.8) is 0 Å². The minimum absolute atomic E-state index is 0.0527. The Balaban J connectivity index is 1.15. The number of likely N-dealkylation sites (tertiary alicyclic amines) is 1. The molecule has 5 fully saturated rings. The summed E-state index contributed by atoms with van der Waals surface area (Å²) in [5, 5.41) is 5.86. The molecule has 1 saturated carbocycles. The summed E-state index contributed by atoms with van der Waals surface area (Å²) in [6, 6.07) is 0.579. The molecule has 0 aromatic heterocycles. The molecule has 1 aliphatic carbocycles. The van der Waals surface area contributed by atoms with Gasteiger partial charge in [-0.25, -0.2) is 9.40 Å². The van der Waals surface area contributed by atoms with Gasteiger partial charge in [0.2, 0.25) is 5.91 Å². The number of alkyl halides is 1. The van der Waals surface area contributed by atoms with Gasteiger partial charge >= 0.3 is 0 Å². The zero-order valence-corrected chi connectivity index (χ0v) is 18.1. The van der Waals surface area contributed by atoms with Crippen LogP contribution in [0.1, 0.15) is 39.5 Å². The highest BCUT2D eigenvalue weighted by atomic mass is 19.1. The van der Waals surface area contributed by atoms with E-state index in [0.29, 0.717) is 18.4 Å². The summed E-state index contributed by atoms with van der Waals surface area (Å²) in [5.41, 5.74) is 6.61. The molecule has 170 valence electrons. The molecule has 3 N–H and O–H groups in total. The first-order valence-corrected chi connectivity index (χ1v) is 11.7. The van der Waals surface area contributed by atoms with Gasteiger partial charge in [-0.3, -0.25) is 20.4 Å². The second-order valence-electron chi connectivity index (χ2n) is 10.1. The lowest BCUT2D eigenvalue weighted by Crippen LogP contribution is -2.57. The largest absolute Gasteiger partial charge is 0.378 e. The highest BCUT2D eigenvalue weighted by molar-refractivity contribution is 5.78. The van der Waals surface area contributed by atoms with Gasteiger partial charge < -0.3 is 9.64 Å². The summed E-state index contributed by atoms with van der Waals surface area (Å²) in [4.78, 5) is 20.1. The van der Waals surface area contributed by atoms with Crippen molar-refractivity contribution < 1.29 is 18.8 Å². The van der Waals surface area contributed by atoms with Gasteiger partial charge in [-0.2, -0.15) is 5.48 Å². The maximum absolute atomic E-state index is 15.0. The molecule has 4 saturated heterocycles. The zero-order chi connectivity index (χ0) is 20.8. The van der Waals surface area contributed by atoms with Crippen LogP contribution in [0.3, 0.4) is 0 Å². The van der Waals surface area contributed by atoms with E-state index in [0.717, 1.165) is 52.1 Å². The fourth-order valence-corrected chi connectivity index (χ4v) is 5.90. The van der Waals surface area contributed by atoms with E-state index in [2.05, 4.69) is 21.2 Å². The smallest absolute Gasteiger partial charge is 0.225 e. The van der Waals surface area contributed by atoms with Crippen LogP contribution in [0.4, 0.5) is 4.39 Å². The van der Waals surface area contributed by atoms with Gasteiger partial charge in [0, 0.05) is 43.4 Å². The van der Waals surface area contributed by atoms with E-state index in [1.54, 1.807) is 0 Å². The quantitative estimate of drug-likeness (QED) is 0.609. The van der Waals surface area contributed by atoms with Crippen LogP contribution in [0, 0.1) is 23.7 Å². The van der Waals surface area contributed by atoms with E-state index in [-0.39, 0.29) is 42.1 Å². The maximum atomic E-state index is 15.0. The molecule has 0 spiro atoms. The SMILES string of the molecule is CC(C)C(=O)N1CCC(C2NOC(C3CC(F)C4CNN(C5COC5)C4C3)N2)CC1. The minimum Gasteiger partial charge on any atom is -0.378 e. The molecular formula is C21H36FN5O3. The number of halogens is 1. The molecule has 0 aromatic carbocycles. The Bertz CT molecular complexity index is 628. The molecule has 0 bridgehead atoms. The third-order valence-corrected chi connectivity index (χ3v) is 7.82. The number of nitrogens with one attached hydrogen (secondary N) is 3. The fourth-order valence-electron chi connectivity index (χ4n) is 5.90. The molecule has 6 atom stereocenters. The summed E-state index contributed by atoms with van der Waals surface area (Å²) in [7, 11) is 0. The van der Waals surface area contributed by atoms with Crippen molar-refractivity contribution >= 4 is 5.91 Å². The molecule has 1 amide bonds. The van der Waals surface area contributed by atoms with Crippen molar-refractivity contribution in [3.05, 3.63) is 0 Å². The number of hydrogen-bond donors (Lipinski definition) is 3. The third kappa shape index (κ3) is 3.89. The van der Waals surface area contributed by atoms with Crippen molar-refractivity contribution in [3.8, 4) is 0 Å². The molecule has 5 aliphatic rings. The van der Waals surface area contributed by atoms with Crippen molar-refractivity contribution in [2.45, 2.75) is 70.2 Å². The highest BCUT2D eigenvalue weighted by Gasteiger charge is 2.50. The second-order valence-corrected chi connectivity index (χ2v) is 10.1. The van der Waals surface area contributed by atoms with E-state index in [4.69, 9.17) is 9.57 Å². The normalized spacial score (nSPS) is 41.3. The first-order chi connectivity index (χ1) is 14.5. The van der Waals surface area contributed by atoms with Crippen LogP contribution < -0.4 is 16.2 Å². The van der Waals surface area contributed by atoms with E-state index in [1.807, 2.05) is 18.7 Å². The summed E-state index contributed by atoms with van der Waals surface area (Å²) >= 11 is 0. The van der Waals surface area contributed by atoms with Gasteiger partial charge in [0.05, 0.1) is 25.4 Å².